The first kappa shape index (κ1) is 12.5. The van der Waals surface area contributed by atoms with Gasteiger partial charge in [-0.2, -0.15) is 0 Å². The lowest BCUT2D eigenvalue weighted by Gasteiger charge is -2.06. The van der Waals surface area contributed by atoms with E-state index in [0.717, 1.165) is 7.11 Å². The molecule has 0 N–H and O–H groups in total. The minimum absolute atomic E-state index is 0.102. The van der Waals surface area contributed by atoms with Gasteiger partial charge < -0.3 is 4.74 Å². The van der Waals surface area contributed by atoms with Crippen molar-refractivity contribution in [3.8, 4) is 0 Å². The van der Waals surface area contributed by atoms with Gasteiger partial charge in [-0.15, -0.1) is 0 Å². The van der Waals surface area contributed by atoms with E-state index < -0.39 is 15.0 Å². The maximum absolute atomic E-state index is 11.3. The van der Waals surface area contributed by atoms with Crippen LogP contribution in [0.5, 0.6) is 0 Å². The first-order valence-electron chi connectivity index (χ1n) is 3.69. The zero-order valence-electron chi connectivity index (χ0n) is 7.53. The molecule has 0 aliphatic heterocycles. The summed E-state index contributed by atoms with van der Waals surface area (Å²) in [5.74, 6) is -0.762. The van der Waals surface area contributed by atoms with E-state index in [-0.39, 0.29) is 10.5 Å². The van der Waals surface area contributed by atoms with Crippen LogP contribution < -0.4 is 0 Å². The summed E-state index contributed by atoms with van der Waals surface area (Å²) >= 11 is 3.06. The molecule has 0 aliphatic carbocycles. The van der Waals surface area contributed by atoms with Crippen molar-refractivity contribution in [2.45, 2.75) is 4.90 Å². The van der Waals surface area contributed by atoms with Gasteiger partial charge in [0.1, 0.15) is 0 Å². The maximum atomic E-state index is 11.3. The second kappa shape index (κ2) is 4.51. The van der Waals surface area contributed by atoms with Crippen molar-refractivity contribution in [1.82, 2.24) is 0 Å². The van der Waals surface area contributed by atoms with Gasteiger partial charge >= 0.3 is 5.97 Å². The molecule has 0 aromatic heterocycles. The van der Waals surface area contributed by atoms with E-state index in [9.17, 15) is 13.2 Å². The number of carbonyl (C=O) groups is 1. The summed E-state index contributed by atoms with van der Waals surface area (Å²) in [6, 6.07) is 4.23. The molecule has 4 nitrogen and oxygen atoms in total. The maximum Gasteiger partial charge on any atom is 0.340 e. The van der Waals surface area contributed by atoms with Crippen LogP contribution in [0.1, 0.15) is 10.4 Å². The van der Waals surface area contributed by atoms with Gasteiger partial charge in [-0.25, -0.2) is 13.2 Å². The smallest absolute Gasteiger partial charge is 0.340 e. The van der Waals surface area contributed by atoms with Gasteiger partial charge in [-0.3, -0.25) is 0 Å². The summed E-state index contributed by atoms with van der Waals surface area (Å²) in [6.45, 7) is 0. The molecule has 0 atom stereocenters. The van der Waals surface area contributed by atoms with Crippen molar-refractivity contribution in [1.29, 1.82) is 0 Å². The number of methoxy groups -OCH3 is 1. The number of hydrogen-bond donors (Lipinski definition) is 0. The van der Waals surface area contributed by atoms with E-state index in [1.807, 2.05) is 0 Å². The monoisotopic (exact) mass is 312 g/mol. The van der Waals surface area contributed by atoms with Crippen molar-refractivity contribution in [3.05, 3.63) is 28.2 Å². The van der Waals surface area contributed by atoms with E-state index >= 15 is 0 Å². The molecule has 0 unspecified atom stereocenters. The number of ether oxygens (including phenoxy) is 1. The molecule has 1 aromatic rings. The number of esters is 1. The third-order valence-electron chi connectivity index (χ3n) is 1.63. The average molecular weight is 314 g/mol. The topological polar surface area (TPSA) is 60.4 Å². The van der Waals surface area contributed by atoms with Crippen molar-refractivity contribution in [3.63, 3.8) is 0 Å². The molecule has 0 amide bonds. The lowest BCUT2D eigenvalue weighted by molar-refractivity contribution is 0.0595. The molecule has 0 bridgehead atoms. The lowest BCUT2D eigenvalue weighted by Crippen LogP contribution is -2.08. The highest BCUT2D eigenvalue weighted by Gasteiger charge is 2.23. The van der Waals surface area contributed by atoms with Crippen LogP contribution >= 0.6 is 26.6 Å². The zero-order chi connectivity index (χ0) is 11.6. The Bertz CT molecular complexity index is 497. The van der Waals surface area contributed by atoms with Crippen molar-refractivity contribution < 1.29 is 17.9 Å². The summed E-state index contributed by atoms with van der Waals surface area (Å²) in [5.41, 5.74) is -0.102. The highest BCUT2D eigenvalue weighted by molar-refractivity contribution is 9.10. The largest absolute Gasteiger partial charge is 0.465 e. The molecule has 15 heavy (non-hydrogen) atoms. The van der Waals surface area contributed by atoms with Gasteiger partial charge in [0.25, 0.3) is 9.05 Å². The molecule has 1 rings (SSSR count). The Balaban J connectivity index is 3.54. The van der Waals surface area contributed by atoms with Crippen LogP contribution in [0, 0.1) is 0 Å². The number of benzene rings is 1. The van der Waals surface area contributed by atoms with Crippen LogP contribution in [0.25, 0.3) is 0 Å². The minimum Gasteiger partial charge on any atom is -0.465 e. The standard InChI is InChI=1S/C8H6BrClO4S/c1-14-8(11)7-5(9)3-2-4-6(7)15(10,12)13/h2-4H,1H3. The van der Waals surface area contributed by atoms with Gasteiger partial charge in [0.05, 0.1) is 17.6 Å². The van der Waals surface area contributed by atoms with Gasteiger partial charge in [0.15, 0.2) is 0 Å². The summed E-state index contributed by atoms with van der Waals surface area (Å²) in [5, 5.41) is 0. The molecule has 0 saturated carbocycles. The quantitative estimate of drug-likeness (QED) is 0.620. The number of hydrogen-bond acceptors (Lipinski definition) is 4. The predicted octanol–water partition coefficient (Wildman–Crippen LogP) is 2.16. The Morgan fingerprint density at radius 2 is 2.07 bits per heavy atom. The van der Waals surface area contributed by atoms with Crippen LogP contribution in [-0.2, 0) is 13.8 Å². The number of carbonyl (C=O) groups excluding carboxylic acids is 1. The van der Waals surface area contributed by atoms with E-state index in [0.29, 0.717) is 4.47 Å². The minimum atomic E-state index is -3.97. The molecule has 0 heterocycles. The van der Waals surface area contributed by atoms with Crippen LogP contribution in [-0.4, -0.2) is 21.5 Å². The fraction of sp³-hybridized carbons (Fsp3) is 0.125. The second-order valence-electron chi connectivity index (χ2n) is 2.54. The Morgan fingerprint density at radius 3 is 2.53 bits per heavy atom. The fourth-order valence-corrected chi connectivity index (χ4v) is 2.73. The van der Waals surface area contributed by atoms with Crippen molar-refractivity contribution >= 4 is 41.6 Å². The van der Waals surface area contributed by atoms with Crippen LogP contribution in [0.2, 0.25) is 0 Å². The van der Waals surface area contributed by atoms with E-state index in [1.165, 1.54) is 18.2 Å². The van der Waals surface area contributed by atoms with Gasteiger partial charge in [0, 0.05) is 15.2 Å². The third-order valence-corrected chi connectivity index (χ3v) is 3.65. The van der Waals surface area contributed by atoms with E-state index in [4.69, 9.17) is 10.7 Å². The normalized spacial score (nSPS) is 11.1. The summed E-state index contributed by atoms with van der Waals surface area (Å²) in [7, 11) is 2.37. The SMILES string of the molecule is COC(=O)c1c(Br)cccc1S(=O)(=O)Cl. The van der Waals surface area contributed by atoms with Gasteiger partial charge in [0.2, 0.25) is 0 Å². The van der Waals surface area contributed by atoms with Crippen LogP contribution in [0.15, 0.2) is 27.6 Å². The lowest BCUT2D eigenvalue weighted by atomic mass is 10.2. The summed E-state index contributed by atoms with van der Waals surface area (Å²) < 4.78 is 27.1. The molecule has 7 heteroatoms. The van der Waals surface area contributed by atoms with Crippen LogP contribution in [0.4, 0.5) is 0 Å². The average Bonchev–Trinajstić information content (AvgIpc) is 2.15. The first-order chi connectivity index (χ1) is 6.88. The van der Waals surface area contributed by atoms with Crippen molar-refractivity contribution in [2.75, 3.05) is 7.11 Å². The first-order valence-corrected chi connectivity index (χ1v) is 6.79. The Morgan fingerprint density at radius 1 is 1.47 bits per heavy atom. The Kier molecular flexibility index (Phi) is 3.75. The van der Waals surface area contributed by atoms with E-state index in [2.05, 4.69) is 20.7 Å². The number of rotatable bonds is 2. The fourth-order valence-electron chi connectivity index (χ4n) is 1.01. The molecular weight excluding hydrogens is 308 g/mol. The molecule has 0 spiro atoms. The molecule has 82 valence electrons. The highest BCUT2D eigenvalue weighted by Crippen LogP contribution is 2.27. The highest BCUT2D eigenvalue weighted by atomic mass is 79.9. The predicted molar refractivity (Wildman–Crippen MR) is 58.5 cm³/mol. The molecule has 0 saturated heterocycles. The second-order valence-corrected chi connectivity index (χ2v) is 5.93. The molecule has 0 aliphatic rings. The van der Waals surface area contributed by atoms with E-state index in [1.54, 1.807) is 0 Å². The Hall–Kier alpha value is -0.590. The molecule has 0 radical (unpaired) electrons. The van der Waals surface area contributed by atoms with Gasteiger partial charge in [-0.1, -0.05) is 6.07 Å². The molecule has 0 fully saturated rings. The summed E-state index contributed by atoms with van der Waals surface area (Å²) in [4.78, 5) is 11.1. The zero-order valence-corrected chi connectivity index (χ0v) is 10.7. The molecule has 1 aromatic carbocycles. The molecular formula is C8H6BrClO4S. The van der Waals surface area contributed by atoms with Crippen LogP contribution in [0.3, 0.4) is 0 Å². The number of halogens is 2. The van der Waals surface area contributed by atoms with Gasteiger partial charge in [-0.05, 0) is 28.1 Å². The third kappa shape index (κ3) is 2.70. The summed E-state index contributed by atoms with van der Waals surface area (Å²) in [6.07, 6.45) is 0. The Labute approximate surface area is 99.7 Å². The van der Waals surface area contributed by atoms with Crippen molar-refractivity contribution in [2.24, 2.45) is 0 Å².